The highest BCUT2D eigenvalue weighted by Gasteiger charge is 2.42. The maximum atomic E-state index is 5.97. The van der Waals surface area contributed by atoms with E-state index in [4.69, 9.17) is 5.84 Å². The van der Waals surface area contributed by atoms with Crippen molar-refractivity contribution >= 4 is 11.3 Å². The van der Waals surface area contributed by atoms with Gasteiger partial charge in [0.15, 0.2) is 0 Å². The molecule has 0 amide bonds. The van der Waals surface area contributed by atoms with E-state index in [-0.39, 0.29) is 11.6 Å². The molecule has 1 heterocycles. The Morgan fingerprint density at radius 2 is 1.89 bits per heavy atom. The molecule has 0 spiro atoms. The summed E-state index contributed by atoms with van der Waals surface area (Å²) in [7, 11) is 4.41. The van der Waals surface area contributed by atoms with Gasteiger partial charge >= 0.3 is 0 Å². The minimum absolute atomic E-state index is 0.154. The van der Waals surface area contributed by atoms with Gasteiger partial charge in [-0.25, -0.2) is 0 Å². The highest BCUT2D eigenvalue weighted by Crippen LogP contribution is 2.42. The Balaban J connectivity index is 2.37. The topological polar surface area (TPSA) is 41.3 Å². The van der Waals surface area contributed by atoms with Gasteiger partial charge in [0.1, 0.15) is 0 Å². The van der Waals surface area contributed by atoms with E-state index < -0.39 is 0 Å². The van der Waals surface area contributed by atoms with E-state index in [2.05, 4.69) is 42.8 Å². The van der Waals surface area contributed by atoms with Gasteiger partial charge in [0, 0.05) is 10.4 Å². The fourth-order valence-electron chi connectivity index (χ4n) is 3.49. The molecule has 1 unspecified atom stereocenters. The number of hydrogen-bond donors (Lipinski definition) is 2. The zero-order valence-corrected chi connectivity index (χ0v) is 13.2. The number of hydrazine groups is 1. The number of nitrogens with zero attached hydrogens (tertiary/aromatic N) is 1. The number of rotatable bonds is 4. The summed E-state index contributed by atoms with van der Waals surface area (Å²) in [6.07, 6.45) is 7.78. The van der Waals surface area contributed by atoms with Gasteiger partial charge in [0.05, 0.1) is 6.04 Å². The summed E-state index contributed by atoms with van der Waals surface area (Å²) in [5, 5.41) is 2.18. The summed E-state index contributed by atoms with van der Waals surface area (Å²) in [5.41, 5.74) is 4.65. The highest BCUT2D eigenvalue weighted by molar-refractivity contribution is 7.10. The second-order valence-corrected chi connectivity index (χ2v) is 6.93. The first-order valence-corrected chi connectivity index (χ1v) is 8.17. The van der Waals surface area contributed by atoms with Gasteiger partial charge in [-0.1, -0.05) is 25.7 Å². The van der Waals surface area contributed by atoms with Crippen LogP contribution in [-0.4, -0.2) is 24.5 Å². The van der Waals surface area contributed by atoms with Gasteiger partial charge in [-0.05, 0) is 50.9 Å². The van der Waals surface area contributed by atoms with Crippen molar-refractivity contribution in [1.82, 2.24) is 10.3 Å². The quantitative estimate of drug-likeness (QED) is 0.506. The first kappa shape index (κ1) is 15.0. The molecular weight excluding hydrogens is 254 g/mol. The highest BCUT2D eigenvalue weighted by atomic mass is 32.1. The van der Waals surface area contributed by atoms with Crippen LogP contribution in [0.15, 0.2) is 11.4 Å². The summed E-state index contributed by atoms with van der Waals surface area (Å²) in [6.45, 7) is 2.19. The summed E-state index contributed by atoms with van der Waals surface area (Å²) in [4.78, 5) is 3.81. The molecule has 0 aliphatic heterocycles. The minimum atomic E-state index is 0.154. The number of aryl methyl sites for hydroxylation is 1. The summed E-state index contributed by atoms with van der Waals surface area (Å²) < 4.78 is 0. The van der Waals surface area contributed by atoms with Crippen LogP contribution in [0.3, 0.4) is 0 Å². The monoisotopic (exact) mass is 281 g/mol. The molecule has 1 aliphatic carbocycles. The molecule has 1 aromatic heterocycles. The lowest BCUT2D eigenvalue weighted by atomic mass is 9.80. The summed E-state index contributed by atoms with van der Waals surface area (Å²) in [5.74, 6) is 5.97. The van der Waals surface area contributed by atoms with Crippen LogP contribution in [0, 0.1) is 6.92 Å². The van der Waals surface area contributed by atoms with Crippen LogP contribution in [0.1, 0.15) is 55.0 Å². The summed E-state index contributed by atoms with van der Waals surface area (Å²) >= 11 is 1.83. The molecule has 2 rings (SSSR count). The van der Waals surface area contributed by atoms with E-state index >= 15 is 0 Å². The second kappa shape index (κ2) is 6.35. The molecule has 19 heavy (non-hydrogen) atoms. The molecule has 108 valence electrons. The largest absolute Gasteiger partial charge is 0.302 e. The molecule has 4 heteroatoms. The van der Waals surface area contributed by atoms with Crippen molar-refractivity contribution in [3.05, 3.63) is 21.9 Å². The maximum absolute atomic E-state index is 5.97. The van der Waals surface area contributed by atoms with E-state index in [1.54, 1.807) is 0 Å². The van der Waals surface area contributed by atoms with E-state index in [0.717, 1.165) is 0 Å². The third-order valence-corrected chi connectivity index (χ3v) is 5.81. The van der Waals surface area contributed by atoms with Crippen molar-refractivity contribution < 1.29 is 0 Å². The van der Waals surface area contributed by atoms with Gasteiger partial charge in [-0.2, -0.15) is 0 Å². The fourth-order valence-corrected chi connectivity index (χ4v) is 4.59. The van der Waals surface area contributed by atoms with E-state index in [1.807, 2.05) is 11.3 Å². The van der Waals surface area contributed by atoms with Crippen LogP contribution in [0.5, 0.6) is 0 Å². The minimum Gasteiger partial charge on any atom is -0.302 e. The molecule has 1 saturated carbocycles. The smallest absolute Gasteiger partial charge is 0.0739 e. The third kappa shape index (κ3) is 2.87. The lowest BCUT2D eigenvalue weighted by molar-refractivity contribution is 0.0812. The van der Waals surface area contributed by atoms with Crippen molar-refractivity contribution in [3.8, 4) is 0 Å². The number of nitrogens with one attached hydrogen (secondary N) is 1. The second-order valence-electron chi connectivity index (χ2n) is 5.98. The Kier molecular flexibility index (Phi) is 5.01. The van der Waals surface area contributed by atoms with Gasteiger partial charge in [0.25, 0.3) is 0 Å². The number of thiophene rings is 1. The third-order valence-electron chi connectivity index (χ3n) is 4.73. The molecule has 3 N–H and O–H groups in total. The average Bonchev–Trinajstić information content (AvgIpc) is 2.67. The predicted molar refractivity (Wildman–Crippen MR) is 83.2 cm³/mol. The fraction of sp³-hybridized carbons (Fsp3) is 0.733. The SMILES string of the molecule is Cc1ccsc1C(NN)C1(N(C)C)CCCCCC1. The van der Waals surface area contributed by atoms with Crippen LogP contribution >= 0.6 is 11.3 Å². The molecule has 1 aromatic rings. The van der Waals surface area contributed by atoms with Gasteiger partial charge in [0.2, 0.25) is 0 Å². The Labute approximate surface area is 121 Å². The van der Waals surface area contributed by atoms with Gasteiger partial charge < -0.3 is 4.90 Å². The lowest BCUT2D eigenvalue weighted by Crippen LogP contribution is -2.55. The first-order valence-electron chi connectivity index (χ1n) is 7.29. The molecular formula is C15H27N3S. The van der Waals surface area contributed by atoms with Crippen molar-refractivity contribution in [1.29, 1.82) is 0 Å². The molecule has 1 atom stereocenters. The summed E-state index contributed by atoms with van der Waals surface area (Å²) in [6, 6.07) is 2.44. The van der Waals surface area contributed by atoms with E-state index in [0.29, 0.717) is 0 Å². The maximum Gasteiger partial charge on any atom is 0.0739 e. The molecule has 0 saturated heterocycles. The first-order chi connectivity index (χ1) is 9.12. The van der Waals surface area contributed by atoms with Crippen molar-refractivity contribution in [2.24, 2.45) is 5.84 Å². The van der Waals surface area contributed by atoms with Crippen molar-refractivity contribution in [2.45, 2.75) is 57.0 Å². The molecule has 1 fully saturated rings. The zero-order chi connectivity index (χ0) is 13.9. The number of hydrogen-bond acceptors (Lipinski definition) is 4. The van der Waals surface area contributed by atoms with Crippen LogP contribution in [-0.2, 0) is 0 Å². The Bertz CT molecular complexity index is 392. The molecule has 0 aromatic carbocycles. The van der Waals surface area contributed by atoms with Crippen LogP contribution in [0.2, 0.25) is 0 Å². The normalized spacial score (nSPS) is 21.3. The van der Waals surface area contributed by atoms with Gasteiger partial charge in [-0.15, -0.1) is 11.3 Å². The molecule has 1 aliphatic rings. The van der Waals surface area contributed by atoms with E-state index in [1.165, 1.54) is 49.0 Å². The van der Waals surface area contributed by atoms with Crippen molar-refractivity contribution in [3.63, 3.8) is 0 Å². The standard InChI is InChI=1S/C15H27N3S/c1-12-8-11-19-13(12)14(17-16)15(18(2)3)9-6-4-5-7-10-15/h8,11,14,17H,4-7,9-10,16H2,1-3H3. The average molecular weight is 281 g/mol. The van der Waals surface area contributed by atoms with Crippen molar-refractivity contribution in [2.75, 3.05) is 14.1 Å². The number of likely N-dealkylation sites (N-methyl/N-ethyl adjacent to an activating group) is 1. The number of nitrogens with two attached hydrogens (primary N) is 1. The Hall–Kier alpha value is -0.420. The molecule has 3 nitrogen and oxygen atoms in total. The van der Waals surface area contributed by atoms with Crippen LogP contribution in [0.25, 0.3) is 0 Å². The zero-order valence-electron chi connectivity index (χ0n) is 12.4. The van der Waals surface area contributed by atoms with Crippen LogP contribution < -0.4 is 11.3 Å². The predicted octanol–water partition coefficient (Wildman–Crippen LogP) is 3.22. The van der Waals surface area contributed by atoms with Gasteiger partial charge in [-0.3, -0.25) is 11.3 Å². The molecule has 0 radical (unpaired) electrons. The lowest BCUT2D eigenvalue weighted by Gasteiger charge is -2.45. The Morgan fingerprint density at radius 3 is 2.32 bits per heavy atom. The molecule has 0 bridgehead atoms. The van der Waals surface area contributed by atoms with E-state index in [9.17, 15) is 0 Å². The Morgan fingerprint density at radius 1 is 1.26 bits per heavy atom. The van der Waals surface area contributed by atoms with Crippen LogP contribution in [0.4, 0.5) is 0 Å².